The van der Waals surface area contributed by atoms with Crippen LogP contribution in [0.4, 0.5) is 28.9 Å². The molecule has 0 spiro atoms. The minimum atomic E-state index is -5.08. The zero-order chi connectivity index (χ0) is 13.9. The summed E-state index contributed by atoms with van der Waals surface area (Å²) in [5.41, 5.74) is 5.16. The van der Waals surface area contributed by atoms with Gasteiger partial charge in [-0.2, -0.15) is 13.2 Å². The summed E-state index contributed by atoms with van der Waals surface area (Å²) >= 11 is 0. The number of nitrogens with two attached hydrogens (primary N) is 1. The van der Waals surface area contributed by atoms with Crippen molar-refractivity contribution in [2.75, 3.05) is 11.1 Å². The molecule has 0 bridgehead atoms. The smallest absolute Gasteiger partial charge is 0.397 e. The second-order valence-electron chi connectivity index (χ2n) is 3.38. The number of halogens is 4. The molecule has 0 unspecified atom stereocenters. The van der Waals surface area contributed by atoms with Crippen LogP contribution in [-0.4, -0.2) is 17.9 Å². The number of alkyl halides is 3. The first-order valence-corrected chi connectivity index (χ1v) is 4.65. The Kier molecular flexibility index (Phi) is 3.89. The molecule has 0 radical (unpaired) electrons. The normalized spacial score (nSPS) is 11.1. The molecule has 18 heavy (non-hydrogen) atoms. The van der Waals surface area contributed by atoms with Gasteiger partial charge in [-0.3, -0.25) is 9.59 Å². The van der Waals surface area contributed by atoms with Crippen LogP contribution in [0.5, 0.6) is 0 Å². The largest absolute Gasteiger partial charge is 0.450 e. The second-order valence-corrected chi connectivity index (χ2v) is 3.38. The third-order valence-corrected chi connectivity index (χ3v) is 1.93. The summed E-state index contributed by atoms with van der Waals surface area (Å²) in [5.74, 6) is -4.12. The number of ketones is 1. The van der Waals surface area contributed by atoms with E-state index < -0.39 is 30.1 Å². The number of hydrogen-bond donors (Lipinski definition) is 2. The Morgan fingerprint density at radius 1 is 1.28 bits per heavy atom. The lowest BCUT2D eigenvalue weighted by Gasteiger charge is -2.08. The van der Waals surface area contributed by atoms with Crippen LogP contribution < -0.4 is 11.1 Å². The van der Waals surface area contributed by atoms with E-state index in [1.54, 1.807) is 0 Å². The molecule has 98 valence electrons. The first kappa shape index (κ1) is 13.9. The molecule has 3 N–H and O–H groups in total. The highest BCUT2D eigenvalue weighted by molar-refractivity contribution is 6.07. The molecule has 1 rings (SSSR count). The molecule has 0 aliphatic carbocycles. The fraction of sp³-hybridized carbons (Fsp3) is 0.200. The Bertz CT molecular complexity index is 485. The number of carbonyl (C=O) groups excluding carboxylic acids is 2. The number of anilines is 2. The van der Waals surface area contributed by atoms with Crippen LogP contribution in [0.15, 0.2) is 18.2 Å². The number of hydrogen-bond acceptors (Lipinski definition) is 3. The Hall–Kier alpha value is -2.12. The van der Waals surface area contributed by atoms with Gasteiger partial charge in [-0.05, 0) is 18.2 Å². The van der Waals surface area contributed by atoms with Crippen LogP contribution in [0, 0.1) is 5.82 Å². The number of nitrogen functional groups attached to an aromatic ring is 1. The first-order chi connectivity index (χ1) is 8.20. The number of benzene rings is 1. The van der Waals surface area contributed by atoms with Gasteiger partial charge in [0.05, 0.1) is 17.8 Å². The van der Waals surface area contributed by atoms with E-state index in [0.29, 0.717) is 0 Å². The van der Waals surface area contributed by atoms with Gasteiger partial charge in [0, 0.05) is 0 Å². The Balaban J connectivity index is 2.71. The Morgan fingerprint density at radius 2 is 1.89 bits per heavy atom. The minimum absolute atomic E-state index is 0.0239. The van der Waals surface area contributed by atoms with Gasteiger partial charge in [0.1, 0.15) is 5.82 Å². The molecule has 8 heteroatoms. The summed E-state index contributed by atoms with van der Waals surface area (Å²) in [6.07, 6.45) is -6.45. The molecule has 0 fully saturated rings. The lowest BCUT2D eigenvalue weighted by Crippen LogP contribution is -2.28. The third kappa shape index (κ3) is 3.72. The summed E-state index contributed by atoms with van der Waals surface area (Å²) in [5, 5.41) is 1.93. The summed E-state index contributed by atoms with van der Waals surface area (Å²) in [6.45, 7) is 0. The molecule has 1 aromatic carbocycles. The molecule has 1 amide bonds. The number of amides is 1. The van der Waals surface area contributed by atoms with Crippen molar-refractivity contribution in [2.45, 2.75) is 12.6 Å². The maximum atomic E-state index is 12.8. The van der Waals surface area contributed by atoms with Crippen LogP contribution >= 0.6 is 0 Å². The molecule has 0 saturated carbocycles. The van der Waals surface area contributed by atoms with Crippen LogP contribution in [0.1, 0.15) is 6.42 Å². The average Bonchev–Trinajstić information content (AvgIpc) is 2.22. The molecular weight excluding hydrogens is 256 g/mol. The molecule has 0 atom stereocenters. The molecule has 0 heterocycles. The van der Waals surface area contributed by atoms with Gasteiger partial charge in [-0.25, -0.2) is 4.39 Å². The van der Waals surface area contributed by atoms with Crippen LogP contribution in [0.3, 0.4) is 0 Å². The lowest BCUT2D eigenvalue weighted by molar-refractivity contribution is -0.171. The highest BCUT2D eigenvalue weighted by Gasteiger charge is 2.39. The van der Waals surface area contributed by atoms with Crippen molar-refractivity contribution >= 4 is 23.1 Å². The quantitative estimate of drug-likeness (QED) is 0.497. The zero-order valence-electron chi connectivity index (χ0n) is 8.84. The predicted octanol–water partition coefficient (Wildman–Crippen LogP) is 1.87. The zero-order valence-corrected chi connectivity index (χ0v) is 8.84. The average molecular weight is 264 g/mol. The van der Waals surface area contributed by atoms with Gasteiger partial charge in [-0.15, -0.1) is 0 Å². The van der Waals surface area contributed by atoms with Gasteiger partial charge in [0.2, 0.25) is 11.7 Å². The molecule has 0 aliphatic heterocycles. The Labute approximate surface area is 98.8 Å². The van der Waals surface area contributed by atoms with E-state index in [4.69, 9.17) is 5.73 Å². The van der Waals surface area contributed by atoms with Crippen LogP contribution in [-0.2, 0) is 9.59 Å². The molecule has 0 aromatic heterocycles. The monoisotopic (exact) mass is 264 g/mol. The van der Waals surface area contributed by atoms with Gasteiger partial charge >= 0.3 is 6.18 Å². The topological polar surface area (TPSA) is 72.2 Å². The van der Waals surface area contributed by atoms with Gasteiger partial charge in [0.15, 0.2) is 0 Å². The standard InChI is InChI=1S/C10H8F4N2O2/c11-5-1-2-6(15)7(3-5)16-9(18)4-8(17)10(12,13)14/h1-3H,4,15H2,(H,16,18). The maximum absolute atomic E-state index is 12.8. The van der Waals surface area contributed by atoms with E-state index in [-0.39, 0.29) is 11.4 Å². The van der Waals surface area contributed by atoms with Crippen molar-refractivity contribution in [3.63, 3.8) is 0 Å². The number of rotatable bonds is 3. The van der Waals surface area contributed by atoms with Gasteiger partial charge in [-0.1, -0.05) is 0 Å². The highest BCUT2D eigenvalue weighted by Crippen LogP contribution is 2.21. The summed E-state index contributed by atoms with van der Waals surface area (Å²) in [6, 6.07) is 2.99. The van der Waals surface area contributed by atoms with Crippen molar-refractivity contribution in [1.29, 1.82) is 0 Å². The van der Waals surface area contributed by atoms with E-state index in [1.165, 1.54) is 0 Å². The first-order valence-electron chi connectivity index (χ1n) is 4.65. The van der Waals surface area contributed by atoms with Crippen molar-refractivity contribution in [3.05, 3.63) is 24.0 Å². The van der Waals surface area contributed by atoms with Crippen molar-refractivity contribution in [2.24, 2.45) is 0 Å². The molecule has 0 aliphatic rings. The molecule has 0 saturated heterocycles. The third-order valence-electron chi connectivity index (χ3n) is 1.93. The van der Waals surface area contributed by atoms with E-state index in [9.17, 15) is 27.2 Å². The summed E-state index contributed by atoms with van der Waals surface area (Å²) < 4.78 is 48.4. The van der Waals surface area contributed by atoms with Crippen LogP contribution in [0.2, 0.25) is 0 Å². The van der Waals surface area contributed by atoms with Crippen LogP contribution in [0.25, 0.3) is 0 Å². The molecular formula is C10H8F4N2O2. The molecule has 4 nitrogen and oxygen atoms in total. The van der Waals surface area contributed by atoms with E-state index in [0.717, 1.165) is 18.2 Å². The van der Waals surface area contributed by atoms with Gasteiger partial charge in [0.25, 0.3) is 0 Å². The van der Waals surface area contributed by atoms with Crippen molar-refractivity contribution in [3.8, 4) is 0 Å². The van der Waals surface area contributed by atoms with E-state index in [1.807, 2.05) is 5.32 Å². The number of carbonyl (C=O) groups is 2. The maximum Gasteiger partial charge on any atom is 0.450 e. The number of nitrogens with one attached hydrogen (secondary N) is 1. The van der Waals surface area contributed by atoms with E-state index >= 15 is 0 Å². The lowest BCUT2D eigenvalue weighted by atomic mass is 10.2. The van der Waals surface area contributed by atoms with E-state index in [2.05, 4.69) is 0 Å². The van der Waals surface area contributed by atoms with Crippen molar-refractivity contribution in [1.82, 2.24) is 0 Å². The predicted molar refractivity (Wildman–Crippen MR) is 55.1 cm³/mol. The van der Waals surface area contributed by atoms with Gasteiger partial charge < -0.3 is 11.1 Å². The summed E-state index contributed by atoms with van der Waals surface area (Å²) in [4.78, 5) is 21.6. The Morgan fingerprint density at radius 3 is 2.44 bits per heavy atom. The molecule has 1 aromatic rings. The SMILES string of the molecule is Nc1ccc(F)cc1NC(=O)CC(=O)C(F)(F)F. The van der Waals surface area contributed by atoms with Crippen molar-refractivity contribution < 1.29 is 27.2 Å². The summed E-state index contributed by atoms with van der Waals surface area (Å²) in [7, 11) is 0. The fourth-order valence-corrected chi connectivity index (χ4v) is 1.08. The fourth-order valence-electron chi connectivity index (χ4n) is 1.08. The second kappa shape index (κ2) is 5.03. The highest BCUT2D eigenvalue weighted by atomic mass is 19.4. The minimum Gasteiger partial charge on any atom is -0.397 e. The number of Topliss-reactive ketones (excluding diaryl/α,β-unsaturated/α-hetero) is 1.